The van der Waals surface area contributed by atoms with E-state index in [1.165, 1.54) is 11.4 Å². The van der Waals surface area contributed by atoms with E-state index < -0.39 is 10.7 Å². The molecule has 14 heavy (non-hydrogen) atoms. The zero-order valence-electron chi connectivity index (χ0n) is 8.52. The van der Waals surface area contributed by atoms with Crippen LogP contribution < -0.4 is 0 Å². The average molecular weight is 254 g/mol. The molecule has 0 aromatic heterocycles. The number of carboxylic acids is 1. The van der Waals surface area contributed by atoms with Gasteiger partial charge in [-0.3, -0.25) is 4.79 Å². The van der Waals surface area contributed by atoms with Gasteiger partial charge in [-0.25, -0.2) is 0 Å². The third-order valence-corrected chi connectivity index (χ3v) is 4.39. The van der Waals surface area contributed by atoms with E-state index in [1.54, 1.807) is 6.92 Å². The van der Waals surface area contributed by atoms with Crippen molar-refractivity contribution < 1.29 is 14.6 Å². The van der Waals surface area contributed by atoms with Gasteiger partial charge in [-0.1, -0.05) is 25.2 Å². The van der Waals surface area contributed by atoms with Crippen molar-refractivity contribution in [2.45, 2.75) is 25.5 Å². The molecule has 1 atom stereocenters. The van der Waals surface area contributed by atoms with Crippen molar-refractivity contribution in [1.82, 2.24) is 0 Å². The van der Waals surface area contributed by atoms with E-state index in [2.05, 4.69) is 0 Å². The van der Waals surface area contributed by atoms with Crippen LogP contribution in [-0.4, -0.2) is 29.0 Å². The number of hydrogen-bond acceptors (Lipinski definition) is 4. The van der Waals surface area contributed by atoms with Crippen molar-refractivity contribution in [3.05, 3.63) is 0 Å². The van der Waals surface area contributed by atoms with Crippen LogP contribution in [0.25, 0.3) is 0 Å². The third kappa shape index (κ3) is 5.25. The van der Waals surface area contributed by atoms with Crippen LogP contribution in [0.4, 0.5) is 0 Å². The van der Waals surface area contributed by atoms with Crippen LogP contribution in [0, 0.1) is 5.92 Å². The van der Waals surface area contributed by atoms with E-state index in [1.807, 2.05) is 13.8 Å². The van der Waals surface area contributed by atoms with Crippen LogP contribution in [0.15, 0.2) is 0 Å². The van der Waals surface area contributed by atoms with Gasteiger partial charge in [-0.15, -0.1) is 0 Å². The van der Waals surface area contributed by atoms with Crippen molar-refractivity contribution in [3.63, 3.8) is 0 Å². The second kappa shape index (κ2) is 6.72. The fourth-order valence-electron chi connectivity index (χ4n) is 0.699. The van der Waals surface area contributed by atoms with Gasteiger partial charge in [0.2, 0.25) is 0 Å². The SMILES string of the molecule is CC(C)COCC(C)(SP=S)C(=O)O. The molecule has 0 bridgehead atoms. The van der Waals surface area contributed by atoms with Gasteiger partial charge in [-0.2, -0.15) is 0 Å². The first-order valence-electron chi connectivity index (χ1n) is 4.24. The molecule has 0 spiro atoms. The molecular formula is C8H15O3PS2. The van der Waals surface area contributed by atoms with E-state index in [-0.39, 0.29) is 6.61 Å². The molecule has 0 aromatic rings. The monoisotopic (exact) mass is 254 g/mol. The number of hydrogen-bond donors (Lipinski definition) is 1. The molecule has 0 aliphatic carbocycles. The summed E-state index contributed by atoms with van der Waals surface area (Å²) in [5.41, 5.74) is 0. The minimum absolute atomic E-state index is 0.203. The van der Waals surface area contributed by atoms with Gasteiger partial charge in [0.05, 0.1) is 6.61 Å². The summed E-state index contributed by atoms with van der Waals surface area (Å²) in [4.78, 5) is 10.9. The van der Waals surface area contributed by atoms with E-state index in [0.29, 0.717) is 19.1 Å². The molecular weight excluding hydrogens is 239 g/mol. The van der Waals surface area contributed by atoms with Gasteiger partial charge in [0.25, 0.3) is 0 Å². The smallest absolute Gasteiger partial charge is 0.322 e. The topological polar surface area (TPSA) is 46.5 Å². The lowest BCUT2D eigenvalue weighted by atomic mass is 10.2. The van der Waals surface area contributed by atoms with E-state index in [0.717, 1.165) is 0 Å². The van der Waals surface area contributed by atoms with Crippen molar-refractivity contribution in [2.75, 3.05) is 13.2 Å². The molecule has 3 nitrogen and oxygen atoms in total. The largest absolute Gasteiger partial charge is 0.480 e. The van der Waals surface area contributed by atoms with Gasteiger partial charge in [0.15, 0.2) is 0 Å². The fourth-order valence-corrected chi connectivity index (χ4v) is 3.44. The lowest BCUT2D eigenvalue weighted by Crippen LogP contribution is -2.36. The first-order chi connectivity index (χ1) is 6.42. The Labute approximate surface area is 95.2 Å². The van der Waals surface area contributed by atoms with Crippen LogP contribution in [0.5, 0.6) is 0 Å². The molecule has 0 saturated carbocycles. The molecule has 0 amide bonds. The summed E-state index contributed by atoms with van der Waals surface area (Å²) in [5.74, 6) is -0.456. The Balaban J connectivity index is 4.09. The zero-order valence-corrected chi connectivity index (χ0v) is 11.0. The van der Waals surface area contributed by atoms with E-state index in [9.17, 15) is 4.79 Å². The van der Waals surface area contributed by atoms with E-state index in [4.69, 9.17) is 21.7 Å². The number of carbonyl (C=O) groups is 1. The highest BCUT2D eigenvalue weighted by Gasteiger charge is 2.34. The van der Waals surface area contributed by atoms with Crippen LogP contribution in [-0.2, 0) is 21.3 Å². The molecule has 0 rings (SSSR count). The maximum Gasteiger partial charge on any atom is 0.322 e. The van der Waals surface area contributed by atoms with Gasteiger partial charge >= 0.3 is 5.97 Å². The van der Waals surface area contributed by atoms with Crippen molar-refractivity contribution in [2.24, 2.45) is 5.92 Å². The maximum absolute atomic E-state index is 10.9. The van der Waals surface area contributed by atoms with Gasteiger partial charge in [0, 0.05) is 13.2 Å². The Morgan fingerprint density at radius 2 is 2.29 bits per heavy atom. The highest BCUT2D eigenvalue weighted by molar-refractivity contribution is 8.58. The number of aliphatic carboxylic acids is 1. The summed E-state index contributed by atoms with van der Waals surface area (Å²) >= 11 is 5.94. The van der Waals surface area contributed by atoms with Gasteiger partial charge in [0.1, 0.15) is 4.75 Å². The predicted molar refractivity (Wildman–Crippen MR) is 63.6 cm³/mol. The molecule has 0 aliphatic rings. The van der Waals surface area contributed by atoms with Crippen molar-refractivity contribution >= 4 is 35.7 Å². The second-order valence-electron chi connectivity index (χ2n) is 3.61. The number of ether oxygens (including phenoxy) is 1. The number of rotatable bonds is 7. The molecule has 0 saturated heterocycles. The normalized spacial score (nSPS) is 15.7. The summed E-state index contributed by atoms with van der Waals surface area (Å²) in [6.07, 6.45) is 0. The fraction of sp³-hybridized carbons (Fsp3) is 0.875. The average Bonchev–Trinajstić information content (AvgIpc) is 2.03. The predicted octanol–water partition coefficient (Wildman–Crippen LogP) is 2.56. The highest BCUT2D eigenvalue weighted by Crippen LogP contribution is 2.35. The zero-order chi connectivity index (χ0) is 11.2. The Morgan fingerprint density at radius 1 is 1.71 bits per heavy atom. The summed E-state index contributed by atoms with van der Waals surface area (Å²) in [6, 6.07) is 0. The van der Waals surface area contributed by atoms with Gasteiger partial charge in [-0.05, 0) is 24.6 Å². The lowest BCUT2D eigenvalue weighted by molar-refractivity contribution is -0.141. The van der Waals surface area contributed by atoms with E-state index >= 15 is 0 Å². The van der Waals surface area contributed by atoms with Crippen LogP contribution >= 0.6 is 17.9 Å². The Morgan fingerprint density at radius 3 is 2.64 bits per heavy atom. The van der Waals surface area contributed by atoms with Crippen LogP contribution in [0.2, 0.25) is 0 Å². The molecule has 0 radical (unpaired) electrons. The number of carboxylic acid groups (broad SMARTS) is 1. The first kappa shape index (κ1) is 14.3. The summed E-state index contributed by atoms with van der Waals surface area (Å²) in [5, 5.41) is 8.98. The lowest BCUT2D eigenvalue weighted by Gasteiger charge is -2.21. The molecule has 1 unspecified atom stereocenters. The Hall–Kier alpha value is 0.300. The summed E-state index contributed by atoms with van der Waals surface area (Å²) < 4.78 is 4.40. The minimum Gasteiger partial charge on any atom is -0.480 e. The second-order valence-corrected chi connectivity index (χ2v) is 7.18. The highest BCUT2D eigenvalue weighted by atomic mass is 32.9. The molecule has 82 valence electrons. The minimum atomic E-state index is -0.918. The Bertz CT molecular complexity index is 211. The van der Waals surface area contributed by atoms with Crippen LogP contribution in [0.1, 0.15) is 20.8 Å². The first-order valence-corrected chi connectivity index (χ1v) is 7.57. The standard InChI is InChI=1S/C8H15O3PS2/c1-6(2)4-11-5-8(3,7(9)10)14-12-13/h6H,4-5H2,1-3H3,(H,9,10). The van der Waals surface area contributed by atoms with Crippen molar-refractivity contribution in [3.8, 4) is 0 Å². The Kier molecular flexibility index (Phi) is 6.87. The molecule has 0 aliphatic heterocycles. The molecule has 0 aromatic carbocycles. The molecule has 0 heterocycles. The summed E-state index contributed by atoms with van der Waals surface area (Å²) in [6.45, 7) is 7.06. The molecule has 0 fully saturated rings. The third-order valence-electron chi connectivity index (χ3n) is 1.52. The summed E-state index contributed by atoms with van der Waals surface area (Å²) in [7, 11) is 0. The molecule has 1 N–H and O–H groups in total. The van der Waals surface area contributed by atoms with Crippen LogP contribution in [0.3, 0.4) is 0 Å². The van der Waals surface area contributed by atoms with Crippen molar-refractivity contribution in [1.29, 1.82) is 0 Å². The quantitative estimate of drug-likeness (QED) is 0.707. The van der Waals surface area contributed by atoms with Gasteiger partial charge < -0.3 is 9.84 Å². The maximum atomic E-state index is 10.9. The molecule has 6 heteroatoms.